The number of hydrogen-bond acceptors (Lipinski definition) is 3. The van der Waals surface area contributed by atoms with E-state index in [2.05, 4.69) is 5.32 Å². The standard InChI is InChI=1S/C15H19NO3S/c1-9-7-10(2)13(8-12(9)15(18)19)16-14(17)11-3-5-20-6-4-11/h7-8,11H,3-6H2,1-2H3,(H,16,17)(H,18,19). The van der Waals surface area contributed by atoms with Crippen LogP contribution in [0.3, 0.4) is 0 Å². The quantitative estimate of drug-likeness (QED) is 0.898. The summed E-state index contributed by atoms with van der Waals surface area (Å²) in [4.78, 5) is 23.4. The Morgan fingerprint density at radius 2 is 1.85 bits per heavy atom. The molecule has 0 atom stereocenters. The summed E-state index contributed by atoms with van der Waals surface area (Å²) in [5.74, 6) is 1.13. The molecule has 1 aromatic rings. The third kappa shape index (κ3) is 3.33. The van der Waals surface area contributed by atoms with Crippen molar-refractivity contribution < 1.29 is 14.7 Å². The Bertz CT molecular complexity index is 536. The van der Waals surface area contributed by atoms with Gasteiger partial charge in [0.05, 0.1) is 5.56 Å². The van der Waals surface area contributed by atoms with Crippen molar-refractivity contribution in [2.24, 2.45) is 5.92 Å². The summed E-state index contributed by atoms with van der Waals surface area (Å²) in [6.07, 6.45) is 1.79. The third-order valence-corrected chi connectivity index (χ3v) is 4.70. The van der Waals surface area contributed by atoms with Gasteiger partial charge in [0.25, 0.3) is 0 Å². The average Bonchev–Trinajstić information content (AvgIpc) is 2.42. The molecule has 1 saturated heterocycles. The summed E-state index contributed by atoms with van der Waals surface area (Å²) in [7, 11) is 0. The molecule has 1 amide bonds. The van der Waals surface area contributed by atoms with Gasteiger partial charge in [-0.2, -0.15) is 11.8 Å². The second-order valence-electron chi connectivity index (χ2n) is 5.16. The summed E-state index contributed by atoms with van der Waals surface area (Å²) < 4.78 is 0. The molecule has 1 aliphatic heterocycles. The van der Waals surface area contributed by atoms with Crippen LogP contribution in [0.25, 0.3) is 0 Å². The van der Waals surface area contributed by atoms with Gasteiger partial charge in [0.1, 0.15) is 0 Å². The van der Waals surface area contributed by atoms with Crippen molar-refractivity contribution in [3.8, 4) is 0 Å². The highest BCUT2D eigenvalue weighted by molar-refractivity contribution is 7.99. The first-order chi connectivity index (χ1) is 9.49. The van der Waals surface area contributed by atoms with Crippen LogP contribution in [0.1, 0.15) is 34.3 Å². The average molecular weight is 293 g/mol. The Balaban J connectivity index is 2.18. The smallest absolute Gasteiger partial charge is 0.336 e. The lowest BCUT2D eigenvalue weighted by molar-refractivity contribution is -0.120. The van der Waals surface area contributed by atoms with E-state index in [9.17, 15) is 9.59 Å². The van der Waals surface area contributed by atoms with Crippen LogP contribution in [0, 0.1) is 19.8 Å². The topological polar surface area (TPSA) is 66.4 Å². The van der Waals surface area contributed by atoms with Gasteiger partial charge < -0.3 is 10.4 Å². The molecule has 0 aromatic heterocycles. The summed E-state index contributed by atoms with van der Waals surface area (Å²) >= 11 is 1.88. The van der Waals surface area contributed by atoms with Gasteiger partial charge in [-0.05, 0) is 55.4 Å². The second-order valence-corrected chi connectivity index (χ2v) is 6.39. The van der Waals surface area contributed by atoms with E-state index >= 15 is 0 Å². The Hall–Kier alpha value is -1.49. The molecule has 0 bridgehead atoms. The lowest BCUT2D eigenvalue weighted by Crippen LogP contribution is -2.26. The van der Waals surface area contributed by atoms with Crippen LogP contribution in [0.15, 0.2) is 12.1 Å². The Kier molecular flexibility index (Phi) is 4.70. The minimum atomic E-state index is -0.966. The van der Waals surface area contributed by atoms with E-state index in [0.717, 1.165) is 29.9 Å². The number of thioether (sulfide) groups is 1. The molecule has 2 N–H and O–H groups in total. The van der Waals surface area contributed by atoms with Crippen LogP contribution in [0.5, 0.6) is 0 Å². The number of anilines is 1. The molecule has 0 saturated carbocycles. The molecule has 1 fully saturated rings. The van der Waals surface area contributed by atoms with E-state index in [-0.39, 0.29) is 17.4 Å². The predicted octanol–water partition coefficient (Wildman–Crippen LogP) is 3.08. The fraction of sp³-hybridized carbons (Fsp3) is 0.467. The van der Waals surface area contributed by atoms with Gasteiger partial charge in [-0.25, -0.2) is 4.79 Å². The zero-order valence-corrected chi connectivity index (χ0v) is 12.5. The highest BCUT2D eigenvalue weighted by atomic mass is 32.2. The molecule has 0 spiro atoms. The van der Waals surface area contributed by atoms with Crippen LogP contribution in [0.4, 0.5) is 5.69 Å². The molecule has 1 aromatic carbocycles. The summed E-state index contributed by atoms with van der Waals surface area (Å²) in [5, 5.41) is 12.0. The number of rotatable bonds is 3. The molecule has 2 rings (SSSR count). The van der Waals surface area contributed by atoms with E-state index < -0.39 is 5.97 Å². The fourth-order valence-electron chi connectivity index (χ4n) is 2.41. The molecule has 4 nitrogen and oxygen atoms in total. The van der Waals surface area contributed by atoms with Gasteiger partial charge in [0.15, 0.2) is 0 Å². The van der Waals surface area contributed by atoms with E-state index in [4.69, 9.17) is 5.11 Å². The van der Waals surface area contributed by atoms with Crippen LogP contribution in [-0.4, -0.2) is 28.5 Å². The van der Waals surface area contributed by atoms with Crippen molar-refractivity contribution in [1.29, 1.82) is 0 Å². The van der Waals surface area contributed by atoms with Crippen molar-refractivity contribution in [2.45, 2.75) is 26.7 Å². The molecule has 108 valence electrons. The van der Waals surface area contributed by atoms with E-state index in [1.807, 2.05) is 18.7 Å². The number of carbonyl (C=O) groups is 2. The SMILES string of the molecule is Cc1cc(C)c(C(=O)O)cc1NC(=O)C1CCSCC1. The number of benzene rings is 1. The minimum absolute atomic E-state index is 0.00796. The molecular formula is C15H19NO3S. The van der Waals surface area contributed by atoms with E-state index in [1.54, 1.807) is 19.1 Å². The molecule has 0 aliphatic carbocycles. The molecule has 0 unspecified atom stereocenters. The van der Waals surface area contributed by atoms with Gasteiger partial charge in [-0.3, -0.25) is 4.79 Å². The number of carboxylic acid groups (broad SMARTS) is 1. The zero-order chi connectivity index (χ0) is 14.7. The number of amides is 1. The van der Waals surface area contributed by atoms with E-state index in [1.165, 1.54) is 0 Å². The third-order valence-electron chi connectivity index (χ3n) is 3.65. The number of hydrogen-bond donors (Lipinski definition) is 2. The van der Waals surface area contributed by atoms with Crippen molar-refractivity contribution in [3.05, 3.63) is 28.8 Å². The number of aromatic carboxylic acids is 1. The first-order valence-electron chi connectivity index (χ1n) is 6.72. The second kappa shape index (κ2) is 6.31. The number of carbonyl (C=O) groups excluding carboxylic acids is 1. The molecular weight excluding hydrogens is 274 g/mol. The van der Waals surface area contributed by atoms with Crippen molar-refractivity contribution in [3.63, 3.8) is 0 Å². The summed E-state index contributed by atoms with van der Waals surface area (Å²) in [6, 6.07) is 3.36. The van der Waals surface area contributed by atoms with Gasteiger partial charge in [0, 0.05) is 11.6 Å². The highest BCUT2D eigenvalue weighted by Crippen LogP contribution is 2.26. The van der Waals surface area contributed by atoms with Gasteiger partial charge >= 0.3 is 5.97 Å². The first-order valence-corrected chi connectivity index (χ1v) is 7.87. The molecule has 5 heteroatoms. The molecule has 0 radical (unpaired) electrons. The molecule has 1 aliphatic rings. The van der Waals surface area contributed by atoms with Crippen molar-refractivity contribution >= 4 is 29.3 Å². The number of nitrogens with one attached hydrogen (secondary N) is 1. The number of aryl methyl sites for hydroxylation is 2. The maximum absolute atomic E-state index is 12.2. The van der Waals surface area contributed by atoms with Crippen LogP contribution < -0.4 is 5.32 Å². The Labute approximate surface area is 123 Å². The van der Waals surface area contributed by atoms with Gasteiger partial charge in [-0.1, -0.05) is 6.07 Å². The van der Waals surface area contributed by atoms with Crippen LogP contribution >= 0.6 is 11.8 Å². The monoisotopic (exact) mass is 293 g/mol. The Morgan fingerprint density at radius 3 is 2.45 bits per heavy atom. The lowest BCUT2D eigenvalue weighted by Gasteiger charge is -2.21. The highest BCUT2D eigenvalue weighted by Gasteiger charge is 2.22. The maximum Gasteiger partial charge on any atom is 0.336 e. The fourth-order valence-corrected chi connectivity index (χ4v) is 3.52. The number of carboxylic acids is 1. The predicted molar refractivity (Wildman–Crippen MR) is 81.6 cm³/mol. The van der Waals surface area contributed by atoms with Crippen LogP contribution in [0.2, 0.25) is 0 Å². The van der Waals surface area contributed by atoms with Gasteiger partial charge in [0.2, 0.25) is 5.91 Å². The molecule has 20 heavy (non-hydrogen) atoms. The summed E-state index contributed by atoms with van der Waals surface area (Å²) in [6.45, 7) is 3.64. The normalized spacial score (nSPS) is 15.9. The maximum atomic E-state index is 12.2. The minimum Gasteiger partial charge on any atom is -0.478 e. The largest absolute Gasteiger partial charge is 0.478 e. The first kappa shape index (κ1) is 14.9. The van der Waals surface area contributed by atoms with Crippen LogP contribution in [-0.2, 0) is 4.79 Å². The summed E-state index contributed by atoms with van der Waals surface area (Å²) in [5.41, 5.74) is 2.45. The zero-order valence-electron chi connectivity index (χ0n) is 11.7. The van der Waals surface area contributed by atoms with Gasteiger partial charge in [-0.15, -0.1) is 0 Å². The van der Waals surface area contributed by atoms with E-state index in [0.29, 0.717) is 11.3 Å². The lowest BCUT2D eigenvalue weighted by atomic mass is 10.00. The van der Waals surface area contributed by atoms with Crippen molar-refractivity contribution in [2.75, 3.05) is 16.8 Å². The van der Waals surface area contributed by atoms with Crippen molar-refractivity contribution in [1.82, 2.24) is 0 Å². The molecule has 1 heterocycles. The Morgan fingerprint density at radius 1 is 1.20 bits per heavy atom.